The summed E-state index contributed by atoms with van der Waals surface area (Å²) in [4.78, 5) is 38.0. The van der Waals surface area contributed by atoms with Crippen LogP contribution in [-0.2, 0) is 11.2 Å². The first-order valence-electron chi connectivity index (χ1n) is 11.7. The first kappa shape index (κ1) is 26.8. The van der Waals surface area contributed by atoms with E-state index in [4.69, 9.17) is 10.8 Å². The van der Waals surface area contributed by atoms with Crippen LogP contribution in [0.2, 0.25) is 0 Å². The van der Waals surface area contributed by atoms with E-state index in [1.807, 2.05) is 0 Å². The third-order valence-electron chi connectivity index (χ3n) is 6.06. The van der Waals surface area contributed by atoms with E-state index in [0.29, 0.717) is 33.2 Å². The molecule has 1 heterocycles. The molecule has 0 aliphatic heterocycles. The summed E-state index contributed by atoms with van der Waals surface area (Å²) in [7, 11) is 2.95. The van der Waals surface area contributed by atoms with Crippen LogP contribution in [0.15, 0.2) is 71.3 Å². The number of hydrogen-bond acceptors (Lipinski definition) is 4. The number of fused-ring (bicyclic) bond motifs is 1. The van der Waals surface area contributed by atoms with Gasteiger partial charge in [-0.15, -0.1) is 6.42 Å². The summed E-state index contributed by atoms with van der Waals surface area (Å²) < 4.78 is 34.3. The monoisotopic (exact) mass is 527 g/mol. The summed E-state index contributed by atoms with van der Waals surface area (Å²) in [6.45, 7) is 3.50. The lowest BCUT2D eigenvalue weighted by Crippen LogP contribution is -2.22. The number of furan rings is 1. The standard InChI is InChI=1S/C30H23F2N3O4/c1-5-16(2)35-29(37)22-12-18(8-11-24(22)32)21-15-23-25(13-19(21)14-26(36)33-3)39-28(27(23)30(38)34-4)17-6-9-20(31)10-7-17/h1,6-13,15H,2,14H2,3-4H3,(H,33,36)(H,34,38)(H,35,37). The lowest BCUT2D eigenvalue weighted by atomic mass is 9.93. The first-order chi connectivity index (χ1) is 18.7. The molecule has 196 valence electrons. The van der Waals surface area contributed by atoms with Gasteiger partial charge in [0.2, 0.25) is 5.91 Å². The second kappa shape index (κ2) is 11.0. The van der Waals surface area contributed by atoms with Gasteiger partial charge in [0.15, 0.2) is 0 Å². The van der Waals surface area contributed by atoms with Crippen molar-refractivity contribution >= 4 is 28.7 Å². The molecule has 0 aliphatic rings. The molecule has 1 aromatic heterocycles. The maximum absolute atomic E-state index is 14.6. The summed E-state index contributed by atoms with van der Waals surface area (Å²) in [5.41, 5.74) is 2.01. The van der Waals surface area contributed by atoms with E-state index in [1.54, 1.807) is 12.1 Å². The van der Waals surface area contributed by atoms with E-state index in [1.165, 1.54) is 50.5 Å². The van der Waals surface area contributed by atoms with Crippen LogP contribution in [0, 0.1) is 24.0 Å². The number of likely N-dealkylation sites (N-methyl/N-ethyl adjacent to an activating group) is 1. The summed E-state index contributed by atoms with van der Waals surface area (Å²) >= 11 is 0. The Morgan fingerprint density at radius 1 is 0.949 bits per heavy atom. The largest absolute Gasteiger partial charge is 0.455 e. The molecule has 0 atom stereocenters. The second-order valence-electron chi connectivity index (χ2n) is 8.52. The van der Waals surface area contributed by atoms with Crippen molar-refractivity contribution in [3.8, 4) is 34.8 Å². The van der Waals surface area contributed by atoms with Gasteiger partial charge in [0.05, 0.1) is 23.2 Å². The van der Waals surface area contributed by atoms with Crippen LogP contribution < -0.4 is 16.0 Å². The molecule has 3 N–H and O–H groups in total. The van der Waals surface area contributed by atoms with Gasteiger partial charge in [-0.3, -0.25) is 14.4 Å². The third-order valence-corrected chi connectivity index (χ3v) is 6.06. The van der Waals surface area contributed by atoms with Crippen molar-refractivity contribution in [3.05, 3.63) is 95.2 Å². The van der Waals surface area contributed by atoms with Crippen molar-refractivity contribution in [2.45, 2.75) is 6.42 Å². The minimum atomic E-state index is -0.792. The van der Waals surface area contributed by atoms with E-state index in [0.717, 1.165) is 6.07 Å². The first-order valence-corrected chi connectivity index (χ1v) is 11.7. The summed E-state index contributed by atoms with van der Waals surface area (Å²) in [5, 5.41) is 7.89. The summed E-state index contributed by atoms with van der Waals surface area (Å²) in [6.07, 6.45) is 5.16. The van der Waals surface area contributed by atoms with Crippen molar-refractivity contribution in [1.82, 2.24) is 16.0 Å². The average molecular weight is 528 g/mol. The number of amides is 3. The van der Waals surface area contributed by atoms with Gasteiger partial charge in [0.1, 0.15) is 23.0 Å². The average Bonchev–Trinajstić information content (AvgIpc) is 3.30. The molecule has 0 unspecified atom stereocenters. The topological polar surface area (TPSA) is 100 Å². The van der Waals surface area contributed by atoms with Gasteiger partial charge in [-0.2, -0.15) is 0 Å². The molecule has 0 fully saturated rings. The molecule has 0 spiro atoms. The van der Waals surface area contributed by atoms with Crippen LogP contribution in [0.3, 0.4) is 0 Å². The molecule has 4 aromatic rings. The Bertz CT molecular complexity index is 1680. The van der Waals surface area contributed by atoms with Crippen LogP contribution in [0.4, 0.5) is 8.78 Å². The lowest BCUT2D eigenvalue weighted by molar-refractivity contribution is -0.119. The van der Waals surface area contributed by atoms with Crippen molar-refractivity contribution in [2.75, 3.05) is 14.1 Å². The molecule has 7 nitrogen and oxygen atoms in total. The highest BCUT2D eigenvalue weighted by Crippen LogP contribution is 2.38. The van der Waals surface area contributed by atoms with Crippen LogP contribution in [0.25, 0.3) is 33.4 Å². The molecule has 3 aromatic carbocycles. The molecule has 0 radical (unpaired) electrons. The van der Waals surface area contributed by atoms with Crippen molar-refractivity contribution in [2.24, 2.45) is 0 Å². The fourth-order valence-electron chi connectivity index (χ4n) is 4.12. The van der Waals surface area contributed by atoms with Gasteiger partial charge in [-0.25, -0.2) is 8.78 Å². The Kier molecular flexibility index (Phi) is 7.58. The molecule has 0 saturated heterocycles. The number of carbonyl (C=O) groups excluding carboxylic acids is 3. The zero-order valence-corrected chi connectivity index (χ0v) is 21.1. The molecule has 4 rings (SSSR count). The number of rotatable bonds is 7. The highest BCUT2D eigenvalue weighted by Gasteiger charge is 2.24. The van der Waals surface area contributed by atoms with Gasteiger partial charge in [0, 0.05) is 25.0 Å². The van der Waals surface area contributed by atoms with Crippen molar-refractivity contribution in [3.63, 3.8) is 0 Å². The number of carbonyl (C=O) groups is 3. The van der Waals surface area contributed by atoms with E-state index < -0.39 is 23.4 Å². The smallest absolute Gasteiger partial charge is 0.259 e. The van der Waals surface area contributed by atoms with Gasteiger partial charge in [0.25, 0.3) is 11.8 Å². The number of terminal acetylenes is 1. The number of hydrogen-bond donors (Lipinski definition) is 3. The second-order valence-corrected chi connectivity index (χ2v) is 8.52. The minimum Gasteiger partial charge on any atom is -0.455 e. The SMILES string of the molecule is C#CC(=C)NC(=O)c1cc(-c2cc3c(C(=O)NC)c(-c4ccc(F)cc4)oc3cc2CC(=O)NC)ccc1F. The lowest BCUT2D eigenvalue weighted by Gasteiger charge is -2.12. The zero-order chi connectivity index (χ0) is 28.3. The Balaban J connectivity index is 1.98. The van der Waals surface area contributed by atoms with E-state index >= 15 is 0 Å². The fourth-order valence-corrected chi connectivity index (χ4v) is 4.12. The Morgan fingerprint density at radius 3 is 2.28 bits per heavy atom. The molecular formula is C30H23F2N3O4. The third kappa shape index (κ3) is 5.40. The minimum absolute atomic E-state index is 0.0338. The van der Waals surface area contributed by atoms with Crippen LogP contribution >= 0.6 is 0 Å². The molecule has 0 saturated carbocycles. The molecule has 0 bridgehead atoms. The highest BCUT2D eigenvalue weighted by atomic mass is 19.1. The van der Waals surface area contributed by atoms with E-state index in [-0.39, 0.29) is 34.9 Å². The predicted molar refractivity (Wildman–Crippen MR) is 144 cm³/mol. The number of benzene rings is 3. The number of allylic oxidation sites excluding steroid dienone is 1. The van der Waals surface area contributed by atoms with E-state index in [9.17, 15) is 23.2 Å². The van der Waals surface area contributed by atoms with Gasteiger partial charge in [-0.05, 0) is 65.2 Å². The summed E-state index contributed by atoms with van der Waals surface area (Å²) in [6, 6.07) is 12.6. The Hall–Kier alpha value is -5.23. The van der Waals surface area contributed by atoms with Crippen LogP contribution in [0.5, 0.6) is 0 Å². The molecule has 39 heavy (non-hydrogen) atoms. The number of nitrogens with one attached hydrogen (secondary N) is 3. The van der Waals surface area contributed by atoms with Gasteiger partial charge in [-0.1, -0.05) is 18.6 Å². The van der Waals surface area contributed by atoms with Crippen molar-refractivity contribution < 1.29 is 27.6 Å². The van der Waals surface area contributed by atoms with Crippen LogP contribution in [-0.4, -0.2) is 31.8 Å². The van der Waals surface area contributed by atoms with Crippen molar-refractivity contribution in [1.29, 1.82) is 0 Å². The molecule has 9 heteroatoms. The Morgan fingerprint density at radius 2 is 1.64 bits per heavy atom. The maximum Gasteiger partial charge on any atom is 0.259 e. The molecule has 3 amide bonds. The van der Waals surface area contributed by atoms with E-state index in [2.05, 4.69) is 28.4 Å². The number of halogens is 2. The molecular weight excluding hydrogens is 504 g/mol. The normalized spacial score (nSPS) is 10.5. The highest BCUT2D eigenvalue weighted by molar-refractivity contribution is 6.12. The van der Waals surface area contributed by atoms with Crippen LogP contribution in [0.1, 0.15) is 26.3 Å². The molecule has 0 aliphatic carbocycles. The van der Waals surface area contributed by atoms with Gasteiger partial charge < -0.3 is 20.4 Å². The quantitative estimate of drug-likeness (QED) is 0.307. The van der Waals surface area contributed by atoms with Gasteiger partial charge >= 0.3 is 0 Å². The zero-order valence-electron chi connectivity index (χ0n) is 21.1. The predicted octanol–water partition coefficient (Wildman–Crippen LogP) is 4.57. The Labute approximate surface area is 222 Å². The fraction of sp³-hybridized carbons (Fsp3) is 0.100. The maximum atomic E-state index is 14.6. The summed E-state index contributed by atoms with van der Waals surface area (Å²) in [5.74, 6) is -0.418.